The lowest BCUT2D eigenvalue weighted by Crippen LogP contribution is -2.22. The molecule has 160 valence electrons. The predicted molar refractivity (Wildman–Crippen MR) is 93.3 cm³/mol. The van der Waals surface area contributed by atoms with Crippen LogP contribution in [0.2, 0.25) is 0 Å². The van der Waals surface area contributed by atoms with Crippen LogP contribution in [0.4, 0.5) is 13.2 Å². The van der Waals surface area contributed by atoms with E-state index in [0.717, 1.165) is 4.68 Å². The molecule has 0 saturated carbocycles. The molecule has 0 bridgehead atoms. The Balaban J connectivity index is 1.74. The number of aliphatic hydroxyl groups is 1. The van der Waals surface area contributed by atoms with E-state index in [4.69, 9.17) is 9.26 Å². The lowest BCUT2D eigenvalue weighted by Gasteiger charge is -2.08. The normalized spacial score (nSPS) is 12.7. The summed E-state index contributed by atoms with van der Waals surface area (Å²) in [7, 11) is 0. The van der Waals surface area contributed by atoms with Crippen LogP contribution in [0.5, 0.6) is 6.01 Å². The maximum Gasteiger partial charge on any atom is 0.422 e. The number of hydrogen-bond donors (Lipinski definition) is 1. The van der Waals surface area contributed by atoms with E-state index < -0.39 is 30.6 Å². The first-order chi connectivity index (χ1) is 14.2. The Kier molecular flexibility index (Phi) is 6.42. The van der Waals surface area contributed by atoms with Gasteiger partial charge in [-0.25, -0.2) is 14.6 Å². The quantitative estimate of drug-likeness (QED) is 0.535. The van der Waals surface area contributed by atoms with E-state index in [1.165, 1.54) is 30.6 Å². The highest BCUT2D eigenvalue weighted by Crippen LogP contribution is 2.19. The molecule has 10 nitrogen and oxygen atoms in total. The molecule has 13 heteroatoms. The molecule has 1 atom stereocenters. The van der Waals surface area contributed by atoms with Gasteiger partial charge in [0.2, 0.25) is 6.29 Å². The molecular formula is C17H16F3N5O5. The van der Waals surface area contributed by atoms with E-state index in [1.54, 1.807) is 6.92 Å². The van der Waals surface area contributed by atoms with Gasteiger partial charge in [0.25, 0.3) is 5.56 Å². The number of nitrogens with zero attached hydrogens (tertiary/aromatic N) is 5. The van der Waals surface area contributed by atoms with Crippen LogP contribution in [0.1, 0.15) is 24.7 Å². The highest BCUT2D eigenvalue weighted by Gasteiger charge is 2.29. The van der Waals surface area contributed by atoms with Crippen LogP contribution in [0, 0.1) is 0 Å². The van der Waals surface area contributed by atoms with Gasteiger partial charge in [0, 0.05) is 36.7 Å². The highest BCUT2D eigenvalue weighted by molar-refractivity contribution is 5.55. The lowest BCUT2D eigenvalue weighted by atomic mass is 10.2. The SMILES string of the molecule is CCOC(O)c1cc(Cn2nc(-c3cnc(OCC(F)(F)F)nc3)ccc2=O)on1. The maximum absolute atomic E-state index is 12.2. The minimum Gasteiger partial charge on any atom is -0.454 e. The summed E-state index contributed by atoms with van der Waals surface area (Å²) in [6, 6.07) is 3.66. The Morgan fingerprint density at radius 3 is 2.67 bits per heavy atom. The standard InChI is InChI=1S/C17H16F3N5O5/c1-2-28-15(27)13-5-11(30-24-13)8-25-14(26)4-3-12(23-25)10-6-21-16(22-7-10)29-9-17(18,19)20/h3-7,15,27H,2,8-9H2,1H3. The zero-order chi connectivity index (χ0) is 21.7. The fraction of sp³-hybridized carbons (Fsp3) is 0.353. The van der Waals surface area contributed by atoms with Gasteiger partial charge in [-0.05, 0) is 13.0 Å². The molecule has 0 fully saturated rings. The second kappa shape index (κ2) is 9.00. The molecule has 3 aromatic rings. The molecule has 1 unspecified atom stereocenters. The Hall–Kier alpha value is -3.32. The zero-order valence-corrected chi connectivity index (χ0v) is 15.5. The van der Waals surface area contributed by atoms with Gasteiger partial charge in [-0.1, -0.05) is 5.16 Å². The number of aromatic nitrogens is 5. The molecule has 3 aromatic heterocycles. The molecule has 3 rings (SSSR count). The summed E-state index contributed by atoms with van der Waals surface area (Å²) in [6.45, 7) is 0.394. The summed E-state index contributed by atoms with van der Waals surface area (Å²) in [5, 5.41) is 17.6. The van der Waals surface area contributed by atoms with Gasteiger partial charge in [-0.2, -0.15) is 18.3 Å². The van der Waals surface area contributed by atoms with Crippen LogP contribution in [0.15, 0.2) is 39.9 Å². The monoisotopic (exact) mass is 427 g/mol. The van der Waals surface area contributed by atoms with Crippen molar-refractivity contribution >= 4 is 0 Å². The average molecular weight is 427 g/mol. The average Bonchev–Trinajstić information content (AvgIpc) is 3.17. The largest absolute Gasteiger partial charge is 0.454 e. The topological polar surface area (TPSA) is 125 Å². The van der Waals surface area contributed by atoms with Crippen LogP contribution >= 0.6 is 0 Å². The number of halogens is 3. The van der Waals surface area contributed by atoms with E-state index in [9.17, 15) is 23.1 Å². The van der Waals surface area contributed by atoms with Crippen molar-refractivity contribution in [2.45, 2.75) is 25.9 Å². The molecule has 0 spiro atoms. The van der Waals surface area contributed by atoms with Gasteiger partial charge in [0.05, 0.1) is 5.69 Å². The smallest absolute Gasteiger partial charge is 0.422 e. The summed E-state index contributed by atoms with van der Waals surface area (Å²) in [5.41, 5.74) is 0.367. The highest BCUT2D eigenvalue weighted by atomic mass is 19.4. The molecule has 30 heavy (non-hydrogen) atoms. The lowest BCUT2D eigenvalue weighted by molar-refractivity contribution is -0.154. The van der Waals surface area contributed by atoms with E-state index in [-0.39, 0.29) is 24.6 Å². The van der Waals surface area contributed by atoms with Gasteiger partial charge >= 0.3 is 12.2 Å². The first-order valence-electron chi connectivity index (χ1n) is 8.60. The second-order valence-corrected chi connectivity index (χ2v) is 5.90. The Bertz CT molecular complexity index is 1040. The summed E-state index contributed by atoms with van der Waals surface area (Å²) in [5.74, 6) is 0.252. The zero-order valence-electron chi connectivity index (χ0n) is 15.5. The Morgan fingerprint density at radius 1 is 1.27 bits per heavy atom. The van der Waals surface area contributed by atoms with E-state index in [0.29, 0.717) is 11.3 Å². The molecule has 0 amide bonds. The molecule has 3 heterocycles. The second-order valence-electron chi connectivity index (χ2n) is 5.90. The minimum absolute atomic E-state index is 0.0772. The first kappa shape index (κ1) is 21.4. The van der Waals surface area contributed by atoms with Crippen LogP contribution in [0.3, 0.4) is 0 Å². The first-order valence-corrected chi connectivity index (χ1v) is 8.60. The summed E-state index contributed by atoms with van der Waals surface area (Å²) >= 11 is 0. The fourth-order valence-corrected chi connectivity index (χ4v) is 2.30. The molecule has 0 aliphatic heterocycles. The van der Waals surface area contributed by atoms with E-state index >= 15 is 0 Å². The molecule has 0 aliphatic carbocycles. The molecular weight excluding hydrogens is 411 g/mol. The summed E-state index contributed by atoms with van der Waals surface area (Å²) in [6.07, 6.45) is -3.31. The fourth-order valence-electron chi connectivity index (χ4n) is 2.30. The van der Waals surface area contributed by atoms with Crippen molar-refractivity contribution in [1.82, 2.24) is 24.9 Å². The number of rotatable bonds is 8. The van der Waals surface area contributed by atoms with Crippen LogP contribution in [0.25, 0.3) is 11.3 Å². The predicted octanol–water partition coefficient (Wildman–Crippen LogP) is 1.71. The van der Waals surface area contributed by atoms with Gasteiger partial charge in [-0.3, -0.25) is 4.79 Å². The third kappa shape index (κ3) is 5.61. The number of aliphatic hydroxyl groups excluding tert-OH is 1. The van der Waals surface area contributed by atoms with Crippen LogP contribution in [-0.2, 0) is 11.3 Å². The number of hydrogen-bond acceptors (Lipinski definition) is 9. The summed E-state index contributed by atoms with van der Waals surface area (Å²) in [4.78, 5) is 19.5. The van der Waals surface area contributed by atoms with Crippen LogP contribution < -0.4 is 10.3 Å². The Labute approximate surface area is 166 Å². The van der Waals surface area contributed by atoms with Crippen molar-refractivity contribution in [2.75, 3.05) is 13.2 Å². The van der Waals surface area contributed by atoms with Crippen molar-refractivity contribution < 1.29 is 32.3 Å². The van der Waals surface area contributed by atoms with Crippen molar-refractivity contribution in [3.8, 4) is 17.3 Å². The maximum atomic E-state index is 12.2. The Morgan fingerprint density at radius 2 is 2.00 bits per heavy atom. The van der Waals surface area contributed by atoms with Crippen molar-refractivity contribution in [2.24, 2.45) is 0 Å². The van der Waals surface area contributed by atoms with E-state index in [1.807, 2.05) is 0 Å². The van der Waals surface area contributed by atoms with Gasteiger partial charge in [0.15, 0.2) is 12.4 Å². The number of alkyl halides is 3. The van der Waals surface area contributed by atoms with E-state index in [2.05, 4.69) is 25.0 Å². The third-order valence-electron chi connectivity index (χ3n) is 3.62. The van der Waals surface area contributed by atoms with Gasteiger partial charge < -0.3 is 19.1 Å². The van der Waals surface area contributed by atoms with Gasteiger partial charge in [0.1, 0.15) is 12.2 Å². The summed E-state index contributed by atoms with van der Waals surface area (Å²) < 4.78 is 52.1. The molecule has 1 N–H and O–H groups in total. The van der Waals surface area contributed by atoms with Crippen molar-refractivity contribution in [3.05, 3.63) is 52.4 Å². The molecule has 0 saturated heterocycles. The molecule has 0 radical (unpaired) electrons. The third-order valence-corrected chi connectivity index (χ3v) is 3.62. The van der Waals surface area contributed by atoms with Crippen LogP contribution in [-0.4, -0.2) is 49.4 Å². The molecule has 0 aromatic carbocycles. The number of ether oxygens (including phenoxy) is 2. The minimum atomic E-state index is -4.50. The van der Waals surface area contributed by atoms with Gasteiger partial charge in [-0.15, -0.1) is 0 Å². The van der Waals surface area contributed by atoms with Crippen molar-refractivity contribution in [3.63, 3.8) is 0 Å². The van der Waals surface area contributed by atoms with Crippen molar-refractivity contribution in [1.29, 1.82) is 0 Å². The molecule has 0 aliphatic rings.